The molecule has 2 rings (SSSR count). The summed E-state index contributed by atoms with van der Waals surface area (Å²) >= 11 is 6.30. The van der Waals surface area contributed by atoms with Gasteiger partial charge in [0.1, 0.15) is 5.75 Å². The first-order valence-electron chi connectivity index (χ1n) is 6.51. The van der Waals surface area contributed by atoms with Crippen LogP contribution in [0.15, 0.2) is 42.5 Å². The summed E-state index contributed by atoms with van der Waals surface area (Å²) in [7, 11) is 1.63. The van der Waals surface area contributed by atoms with Crippen LogP contribution < -0.4 is 15.8 Å². The number of hydrogen-bond acceptors (Lipinski definition) is 3. The Labute approximate surface area is 124 Å². The van der Waals surface area contributed by atoms with Gasteiger partial charge in [-0.05, 0) is 36.8 Å². The Hall–Kier alpha value is -1.71. The molecule has 20 heavy (non-hydrogen) atoms. The second-order valence-corrected chi connectivity index (χ2v) is 5.07. The van der Waals surface area contributed by atoms with Crippen molar-refractivity contribution in [3.8, 4) is 5.75 Å². The molecule has 0 fully saturated rings. The van der Waals surface area contributed by atoms with Crippen LogP contribution in [0.4, 0.5) is 5.69 Å². The number of nitrogens with two attached hydrogens (primary N) is 1. The molecule has 3 nitrogen and oxygen atoms in total. The van der Waals surface area contributed by atoms with E-state index in [9.17, 15) is 0 Å². The first-order chi connectivity index (χ1) is 9.65. The average molecular weight is 291 g/mol. The van der Waals surface area contributed by atoms with Gasteiger partial charge in [0.15, 0.2) is 0 Å². The number of halogens is 1. The number of nitrogens with one attached hydrogen (secondary N) is 1. The van der Waals surface area contributed by atoms with Gasteiger partial charge >= 0.3 is 0 Å². The van der Waals surface area contributed by atoms with E-state index in [4.69, 9.17) is 22.1 Å². The van der Waals surface area contributed by atoms with Crippen molar-refractivity contribution >= 4 is 17.3 Å². The quantitative estimate of drug-likeness (QED) is 0.881. The minimum Gasteiger partial charge on any atom is -0.496 e. The molecule has 0 amide bonds. The van der Waals surface area contributed by atoms with Gasteiger partial charge in [0.05, 0.1) is 13.2 Å². The maximum absolute atomic E-state index is 6.30. The molecule has 0 saturated carbocycles. The molecule has 3 N–H and O–H groups in total. The summed E-state index contributed by atoms with van der Waals surface area (Å²) in [6, 6.07) is 13.7. The third kappa shape index (κ3) is 3.24. The lowest BCUT2D eigenvalue weighted by atomic mass is 10.0. The van der Waals surface area contributed by atoms with Crippen LogP contribution in [0.5, 0.6) is 5.75 Å². The Balaban J connectivity index is 2.33. The van der Waals surface area contributed by atoms with Crippen molar-refractivity contribution in [3.63, 3.8) is 0 Å². The van der Waals surface area contributed by atoms with E-state index >= 15 is 0 Å². The van der Waals surface area contributed by atoms with Crippen LogP contribution in [-0.2, 0) is 0 Å². The highest BCUT2D eigenvalue weighted by atomic mass is 35.5. The highest BCUT2D eigenvalue weighted by molar-refractivity contribution is 6.31. The minimum atomic E-state index is -0.0968. The summed E-state index contributed by atoms with van der Waals surface area (Å²) in [6.07, 6.45) is 0. The van der Waals surface area contributed by atoms with Crippen molar-refractivity contribution in [3.05, 3.63) is 58.6 Å². The van der Waals surface area contributed by atoms with Gasteiger partial charge in [-0.25, -0.2) is 0 Å². The van der Waals surface area contributed by atoms with Crippen molar-refractivity contribution < 1.29 is 4.74 Å². The summed E-state index contributed by atoms with van der Waals surface area (Å²) < 4.78 is 5.39. The van der Waals surface area contributed by atoms with Crippen molar-refractivity contribution in [2.45, 2.75) is 13.0 Å². The zero-order valence-corrected chi connectivity index (χ0v) is 12.4. The molecule has 2 aromatic carbocycles. The molecule has 0 aliphatic heterocycles. The maximum atomic E-state index is 6.30. The van der Waals surface area contributed by atoms with Crippen molar-refractivity contribution in [1.82, 2.24) is 0 Å². The Bertz CT molecular complexity index is 586. The molecule has 0 radical (unpaired) electrons. The molecule has 1 atom stereocenters. The fraction of sp³-hybridized carbons (Fsp3) is 0.250. The van der Waals surface area contributed by atoms with E-state index in [1.807, 2.05) is 30.3 Å². The maximum Gasteiger partial charge on any atom is 0.125 e. The number of hydrogen-bond donors (Lipinski definition) is 2. The molecule has 0 aromatic heterocycles. The third-order valence-corrected chi connectivity index (χ3v) is 3.51. The molecule has 0 aliphatic carbocycles. The summed E-state index contributed by atoms with van der Waals surface area (Å²) in [5.41, 5.74) is 9.00. The average Bonchev–Trinajstić information content (AvgIpc) is 2.45. The Morgan fingerprint density at radius 3 is 2.65 bits per heavy atom. The fourth-order valence-corrected chi connectivity index (χ4v) is 2.52. The van der Waals surface area contributed by atoms with Crippen molar-refractivity contribution in [2.24, 2.45) is 5.73 Å². The zero-order chi connectivity index (χ0) is 14.5. The molecule has 1 unspecified atom stereocenters. The molecule has 0 spiro atoms. The van der Waals surface area contributed by atoms with E-state index in [0.717, 1.165) is 17.0 Å². The van der Waals surface area contributed by atoms with Crippen LogP contribution in [0.1, 0.15) is 17.2 Å². The number of benzene rings is 2. The van der Waals surface area contributed by atoms with Gasteiger partial charge in [-0.15, -0.1) is 0 Å². The van der Waals surface area contributed by atoms with Gasteiger partial charge in [-0.3, -0.25) is 0 Å². The lowest BCUT2D eigenvalue weighted by Gasteiger charge is -2.22. The predicted molar refractivity (Wildman–Crippen MR) is 84.6 cm³/mol. The second kappa shape index (κ2) is 6.64. The van der Waals surface area contributed by atoms with Crippen LogP contribution in [-0.4, -0.2) is 13.7 Å². The van der Waals surface area contributed by atoms with Gasteiger partial charge in [-0.2, -0.15) is 0 Å². The van der Waals surface area contributed by atoms with E-state index in [1.54, 1.807) is 7.11 Å². The number of methoxy groups -OCH3 is 1. The van der Waals surface area contributed by atoms with Gasteiger partial charge in [0.25, 0.3) is 0 Å². The molecule has 0 saturated heterocycles. The standard InChI is InChI=1S/C16H19ClN2O/c1-11-5-3-6-12(9-11)19-14(10-18)16-13(17)7-4-8-15(16)20-2/h3-9,14,19H,10,18H2,1-2H3. The highest BCUT2D eigenvalue weighted by Crippen LogP contribution is 2.33. The van der Waals surface area contributed by atoms with Gasteiger partial charge < -0.3 is 15.8 Å². The van der Waals surface area contributed by atoms with Crippen LogP contribution in [0.25, 0.3) is 0 Å². The summed E-state index contributed by atoms with van der Waals surface area (Å²) in [6.45, 7) is 2.48. The summed E-state index contributed by atoms with van der Waals surface area (Å²) in [5.74, 6) is 0.744. The Kier molecular flexibility index (Phi) is 4.88. The lowest BCUT2D eigenvalue weighted by Crippen LogP contribution is -2.21. The largest absolute Gasteiger partial charge is 0.496 e. The van der Waals surface area contributed by atoms with Crippen LogP contribution in [0, 0.1) is 6.92 Å². The molecule has 0 bridgehead atoms. The fourth-order valence-electron chi connectivity index (χ4n) is 2.22. The monoisotopic (exact) mass is 290 g/mol. The molecule has 4 heteroatoms. The zero-order valence-electron chi connectivity index (χ0n) is 11.7. The molecule has 0 aliphatic rings. The number of anilines is 1. The van der Waals surface area contributed by atoms with E-state index in [0.29, 0.717) is 11.6 Å². The Morgan fingerprint density at radius 2 is 2.00 bits per heavy atom. The van der Waals surface area contributed by atoms with Crippen LogP contribution in [0.3, 0.4) is 0 Å². The highest BCUT2D eigenvalue weighted by Gasteiger charge is 2.18. The molecule has 0 heterocycles. The number of ether oxygens (including phenoxy) is 1. The van der Waals surface area contributed by atoms with Crippen LogP contribution in [0.2, 0.25) is 5.02 Å². The van der Waals surface area contributed by atoms with Gasteiger partial charge in [0.2, 0.25) is 0 Å². The smallest absolute Gasteiger partial charge is 0.125 e. The Morgan fingerprint density at radius 1 is 1.25 bits per heavy atom. The number of rotatable bonds is 5. The SMILES string of the molecule is COc1cccc(Cl)c1C(CN)Nc1cccc(C)c1. The number of aryl methyl sites for hydroxylation is 1. The lowest BCUT2D eigenvalue weighted by molar-refractivity contribution is 0.407. The summed E-state index contributed by atoms with van der Waals surface area (Å²) in [5, 5.41) is 4.06. The van der Waals surface area contributed by atoms with E-state index < -0.39 is 0 Å². The third-order valence-electron chi connectivity index (χ3n) is 3.18. The van der Waals surface area contributed by atoms with E-state index in [2.05, 4.69) is 24.4 Å². The normalized spacial score (nSPS) is 12.0. The van der Waals surface area contributed by atoms with Crippen molar-refractivity contribution in [1.29, 1.82) is 0 Å². The van der Waals surface area contributed by atoms with E-state index in [-0.39, 0.29) is 6.04 Å². The van der Waals surface area contributed by atoms with Gasteiger partial charge in [-0.1, -0.05) is 29.8 Å². The topological polar surface area (TPSA) is 47.3 Å². The minimum absolute atomic E-state index is 0.0968. The molecule has 106 valence electrons. The first-order valence-corrected chi connectivity index (χ1v) is 6.89. The van der Waals surface area contributed by atoms with Crippen molar-refractivity contribution in [2.75, 3.05) is 19.0 Å². The van der Waals surface area contributed by atoms with E-state index in [1.165, 1.54) is 5.56 Å². The molecular formula is C16H19ClN2O. The van der Waals surface area contributed by atoms with Gasteiger partial charge in [0, 0.05) is 22.8 Å². The summed E-state index contributed by atoms with van der Waals surface area (Å²) in [4.78, 5) is 0. The molecular weight excluding hydrogens is 272 g/mol. The predicted octanol–water partition coefficient (Wildman–Crippen LogP) is 3.77. The molecule has 2 aromatic rings. The second-order valence-electron chi connectivity index (χ2n) is 4.66. The first kappa shape index (κ1) is 14.7. The van der Waals surface area contributed by atoms with Crippen LogP contribution >= 0.6 is 11.6 Å².